The number of ether oxygens (including phenoxy) is 1. The van der Waals surface area contributed by atoms with Crippen LogP contribution in [0.3, 0.4) is 0 Å². The van der Waals surface area contributed by atoms with E-state index in [-0.39, 0.29) is 0 Å². The molecule has 4 heteroatoms. The van der Waals surface area contributed by atoms with Gasteiger partial charge in [0, 0.05) is 21.0 Å². The molecule has 1 unspecified atom stereocenters. The van der Waals surface area contributed by atoms with Gasteiger partial charge in [-0.15, -0.1) is 0 Å². The van der Waals surface area contributed by atoms with Crippen molar-refractivity contribution in [2.75, 3.05) is 19.4 Å². The lowest BCUT2D eigenvalue weighted by molar-refractivity contribution is 0.414. The summed E-state index contributed by atoms with van der Waals surface area (Å²) in [5.74, 6) is 2.03. The summed E-state index contributed by atoms with van der Waals surface area (Å²) in [5.41, 5.74) is 1.30. The van der Waals surface area contributed by atoms with Gasteiger partial charge in [0.15, 0.2) is 0 Å². The molecule has 0 aliphatic carbocycles. The van der Waals surface area contributed by atoms with Gasteiger partial charge in [-0.2, -0.15) is 11.8 Å². The second-order valence-electron chi connectivity index (χ2n) is 5.84. The second kappa shape index (κ2) is 8.30. The van der Waals surface area contributed by atoms with E-state index in [9.17, 15) is 0 Å². The third-order valence-electron chi connectivity index (χ3n) is 2.93. The van der Waals surface area contributed by atoms with E-state index in [1.165, 1.54) is 5.56 Å². The van der Waals surface area contributed by atoms with E-state index in [4.69, 9.17) is 4.74 Å². The highest BCUT2D eigenvalue weighted by molar-refractivity contribution is 9.10. The molecule has 0 saturated heterocycles. The summed E-state index contributed by atoms with van der Waals surface area (Å²) < 4.78 is 6.78. The number of hydrogen-bond acceptors (Lipinski definition) is 3. The van der Waals surface area contributed by atoms with Crippen LogP contribution < -0.4 is 10.1 Å². The van der Waals surface area contributed by atoms with Crippen molar-refractivity contribution in [3.8, 4) is 5.75 Å². The van der Waals surface area contributed by atoms with E-state index in [1.807, 2.05) is 17.8 Å². The fraction of sp³-hybridized carbons (Fsp3) is 0.625. The fourth-order valence-corrected chi connectivity index (χ4v) is 3.27. The Bertz CT molecular complexity index is 417. The fourth-order valence-electron chi connectivity index (χ4n) is 1.93. The average molecular weight is 360 g/mol. The summed E-state index contributed by atoms with van der Waals surface area (Å²) in [4.78, 5) is 0. The zero-order chi connectivity index (χ0) is 15.2. The van der Waals surface area contributed by atoms with Gasteiger partial charge < -0.3 is 10.1 Å². The van der Waals surface area contributed by atoms with Crippen molar-refractivity contribution in [3.05, 3.63) is 28.2 Å². The van der Waals surface area contributed by atoms with Crippen LogP contribution in [0.25, 0.3) is 0 Å². The standard InChI is InChI=1S/C16H26BrNOS/c1-6-18-13(11-20-16(2,3)4)9-12-10-14(19-5)7-8-15(12)17/h7-8,10,13,18H,6,9,11H2,1-5H3. The normalized spacial score (nSPS) is 13.3. The number of nitrogens with one attached hydrogen (secondary N) is 1. The van der Waals surface area contributed by atoms with Crippen molar-refractivity contribution in [3.63, 3.8) is 0 Å². The molecule has 1 rings (SSSR count). The second-order valence-corrected chi connectivity index (χ2v) is 8.54. The molecule has 1 aromatic rings. The Morgan fingerprint density at radius 2 is 2.05 bits per heavy atom. The van der Waals surface area contributed by atoms with Crippen LogP contribution in [0.5, 0.6) is 5.75 Å². The lowest BCUT2D eigenvalue weighted by Crippen LogP contribution is -2.34. The molecule has 0 aromatic heterocycles. The number of likely N-dealkylation sites (N-methyl/N-ethyl adjacent to an activating group) is 1. The Morgan fingerprint density at radius 1 is 1.35 bits per heavy atom. The van der Waals surface area contributed by atoms with E-state index in [1.54, 1.807) is 7.11 Å². The molecule has 114 valence electrons. The molecule has 0 aliphatic heterocycles. The minimum atomic E-state index is 0.305. The predicted octanol–water partition coefficient (Wildman–Crippen LogP) is 4.51. The molecule has 0 radical (unpaired) electrons. The summed E-state index contributed by atoms with van der Waals surface area (Å²) in [6.07, 6.45) is 1.01. The highest BCUT2D eigenvalue weighted by Gasteiger charge is 2.16. The van der Waals surface area contributed by atoms with Crippen molar-refractivity contribution >= 4 is 27.7 Å². The Balaban J connectivity index is 2.74. The molecule has 20 heavy (non-hydrogen) atoms. The van der Waals surface area contributed by atoms with Gasteiger partial charge in [0.25, 0.3) is 0 Å². The molecule has 0 aliphatic rings. The van der Waals surface area contributed by atoms with Crippen molar-refractivity contribution < 1.29 is 4.74 Å². The number of benzene rings is 1. The maximum Gasteiger partial charge on any atom is 0.119 e. The van der Waals surface area contributed by atoms with Crippen molar-refractivity contribution in [2.45, 2.75) is 44.9 Å². The van der Waals surface area contributed by atoms with Gasteiger partial charge >= 0.3 is 0 Å². The average Bonchev–Trinajstić information content (AvgIpc) is 2.38. The summed E-state index contributed by atoms with van der Waals surface area (Å²) in [6, 6.07) is 6.65. The molecule has 2 nitrogen and oxygen atoms in total. The first-order valence-corrected chi connectivity index (χ1v) is 8.83. The van der Waals surface area contributed by atoms with E-state index in [0.717, 1.165) is 28.9 Å². The Labute approximate surface area is 136 Å². The molecule has 0 fully saturated rings. The molecule has 0 bridgehead atoms. The molecule has 1 N–H and O–H groups in total. The lowest BCUT2D eigenvalue weighted by Gasteiger charge is -2.24. The van der Waals surface area contributed by atoms with Crippen LogP contribution in [0.2, 0.25) is 0 Å². The van der Waals surface area contributed by atoms with Gasteiger partial charge in [0.05, 0.1) is 7.11 Å². The third-order valence-corrected chi connectivity index (χ3v) is 5.14. The van der Waals surface area contributed by atoms with E-state index >= 15 is 0 Å². The van der Waals surface area contributed by atoms with Crippen LogP contribution in [-0.4, -0.2) is 30.2 Å². The molecule has 1 atom stereocenters. The van der Waals surface area contributed by atoms with Crippen molar-refractivity contribution in [1.82, 2.24) is 5.32 Å². The maximum absolute atomic E-state index is 5.32. The van der Waals surface area contributed by atoms with Crippen molar-refractivity contribution in [2.24, 2.45) is 0 Å². The van der Waals surface area contributed by atoms with Gasteiger partial charge in [0.1, 0.15) is 5.75 Å². The van der Waals surface area contributed by atoms with Gasteiger partial charge in [-0.25, -0.2) is 0 Å². The molecule has 1 aromatic carbocycles. The van der Waals surface area contributed by atoms with Crippen LogP contribution in [0.1, 0.15) is 33.3 Å². The first-order chi connectivity index (χ1) is 9.35. The quantitative estimate of drug-likeness (QED) is 0.773. The number of methoxy groups -OCH3 is 1. The van der Waals surface area contributed by atoms with E-state index in [0.29, 0.717) is 10.8 Å². The first-order valence-electron chi connectivity index (χ1n) is 7.05. The van der Waals surface area contributed by atoms with Crippen LogP contribution in [0, 0.1) is 0 Å². The molecule has 0 heterocycles. The molecular weight excluding hydrogens is 334 g/mol. The van der Waals surface area contributed by atoms with Gasteiger partial charge in [-0.1, -0.05) is 43.6 Å². The highest BCUT2D eigenvalue weighted by Crippen LogP contribution is 2.27. The predicted molar refractivity (Wildman–Crippen MR) is 94.1 cm³/mol. The van der Waals surface area contributed by atoms with E-state index < -0.39 is 0 Å². The topological polar surface area (TPSA) is 21.3 Å². The van der Waals surface area contributed by atoms with Crippen LogP contribution >= 0.6 is 27.7 Å². The third kappa shape index (κ3) is 6.51. The van der Waals surface area contributed by atoms with Gasteiger partial charge in [-0.05, 0) is 36.7 Å². The summed E-state index contributed by atoms with van der Waals surface area (Å²) >= 11 is 5.65. The van der Waals surface area contributed by atoms with Crippen LogP contribution in [0.4, 0.5) is 0 Å². The monoisotopic (exact) mass is 359 g/mol. The zero-order valence-corrected chi connectivity index (χ0v) is 15.5. The van der Waals surface area contributed by atoms with Gasteiger partial charge in [0.2, 0.25) is 0 Å². The first kappa shape index (κ1) is 17.9. The number of hydrogen-bond donors (Lipinski definition) is 1. The van der Waals surface area contributed by atoms with Crippen LogP contribution in [0.15, 0.2) is 22.7 Å². The van der Waals surface area contributed by atoms with Crippen molar-refractivity contribution in [1.29, 1.82) is 0 Å². The number of thioether (sulfide) groups is 1. The number of rotatable bonds is 7. The smallest absolute Gasteiger partial charge is 0.119 e. The Kier molecular flexibility index (Phi) is 7.41. The summed E-state index contributed by atoms with van der Waals surface area (Å²) in [5, 5.41) is 3.59. The maximum atomic E-state index is 5.32. The molecule has 0 spiro atoms. The Hall–Kier alpha value is -0.190. The Morgan fingerprint density at radius 3 is 2.60 bits per heavy atom. The number of halogens is 1. The SMILES string of the molecule is CCNC(CSC(C)(C)C)Cc1cc(OC)ccc1Br. The minimum Gasteiger partial charge on any atom is -0.497 e. The molecular formula is C16H26BrNOS. The zero-order valence-electron chi connectivity index (χ0n) is 13.1. The minimum absolute atomic E-state index is 0.305. The highest BCUT2D eigenvalue weighted by atomic mass is 79.9. The van der Waals surface area contributed by atoms with Crippen LogP contribution in [-0.2, 0) is 6.42 Å². The molecule has 0 amide bonds. The van der Waals surface area contributed by atoms with E-state index in [2.05, 4.69) is 61.1 Å². The lowest BCUT2D eigenvalue weighted by atomic mass is 10.1. The largest absolute Gasteiger partial charge is 0.497 e. The molecule has 0 saturated carbocycles. The summed E-state index contributed by atoms with van der Waals surface area (Å²) in [7, 11) is 1.71. The van der Waals surface area contributed by atoms with Gasteiger partial charge in [-0.3, -0.25) is 0 Å². The summed E-state index contributed by atoms with van der Waals surface area (Å²) in [6.45, 7) is 9.96.